The van der Waals surface area contributed by atoms with Gasteiger partial charge < -0.3 is 0 Å². The minimum atomic E-state index is 0.651. The SMILES string of the molecule is CCC1(CC)CC=C(C(C)C)CC1. The predicted octanol–water partition coefficient (Wildman–Crippen LogP) is 4.56. The molecule has 1 rings (SSSR count). The lowest BCUT2D eigenvalue weighted by atomic mass is 9.70. The molecule has 76 valence electrons. The highest BCUT2D eigenvalue weighted by Gasteiger charge is 2.28. The Morgan fingerprint density at radius 2 is 1.92 bits per heavy atom. The lowest BCUT2D eigenvalue weighted by molar-refractivity contribution is 0.228. The molecule has 0 amide bonds. The largest absolute Gasteiger partial charge is 0.0845 e. The van der Waals surface area contributed by atoms with Crippen LogP contribution in [0.4, 0.5) is 0 Å². The predicted molar refractivity (Wildman–Crippen MR) is 59.8 cm³/mol. The van der Waals surface area contributed by atoms with Gasteiger partial charge >= 0.3 is 0 Å². The molecule has 0 aliphatic heterocycles. The number of hydrogen-bond acceptors (Lipinski definition) is 0. The van der Waals surface area contributed by atoms with Crippen molar-refractivity contribution < 1.29 is 0 Å². The molecule has 0 fully saturated rings. The van der Waals surface area contributed by atoms with Crippen molar-refractivity contribution in [3.8, 4) is 0 Å². The smallest absolute Gasteiger partial charge is 0.0260 e. The first kappa shape index (κ1) is 10.8. The average molecular weight is 180 g/mol. The van der Waals surface area contributed by atoms with E-state index in [9.17, 15) is 0 Å². The summed E-state index contributed by atoms with van der Waals surface area (Å²) in [5.74, 6) is 0.770. The van der Waals surface area contributed by atoms with Crippen LogP contribution in [0.15, 0.2) is 11.6 Å². The fourth-order valence-electron chi connectivity index (χ4n) is 2.38. The van der Waals surface area contributed by atoms with Gasteiger partial charge in [0, 0.05) is 0 Å². The number of hydrogen-bond donors (Lipinski definition) is 0. The van der Waals surface area contributed by atoms with Crippen molar-refractivity contribution in [3.05, 3.63) is 11.6 Å². The third-order valence-corrected chi connectivity index (χ3v) is 3.98. The Kier molecular flexibility index (Phi) is 3.58. The van der Waals surface area contributed by atoms with E-state index in [0.29, 0.717) is 5.41 Å². The standard InChI is InChI=1S/C13H24/c1-5-13(6-2)9-7-12(8-10-13)11(3)4/h7,11H,5-6,8-10H2,1-4H3. The number of rotatable bonds is 3. The van der Waals surface area contributed by atoms with Gasteiger partial charge in [0.2, 0.25) is 0 Å². The molecular formula is C13H24. The molecule has 0 saturated carbocycles. The van der Waals surface area contributed by atoms with Crippen molar-refractivity contribution in [2.45, 2.75) is 59.8 Å². The maximum absolute atomic E-state index is 2.52. The maximum Gasteiger partial charge on any atom is -0.0260 e. The van der Waals surface area contributed by atoms with E-state index >= 15 is 0 Å². The molecular weight excluding hydrogens is 156 g/mol. The first-order valence-corrected chi connectivity index (χ1v) is 5.82. The zero-order valence-electron chi connectivity index (χ0n) is 9.69. The zero-order chi connectivity index (χ0) is 9.90. The summed E-state index contributed by atoms with van der Waals surface area (Å²) in [5, 5.41) is 0. The normalized spacial score (nSPS) is 21.8. The third kappa shape index (κ3) is 2.36. The molecule has 0 nitrogen and oxygen atoms in total. The quantitative estimate of drug-likeness (QED) is 0.558. The van der Waals surface area contributed by atoms with Gasteiger partial charge in [-0.1, -0.05) is 52.2 Å². The van der Waals surface area contributed by atoms with Crippen LogP contribution in [-0.4, -0.2) is 0 Å². The molecule has 0 atom stereocenters. The van der Waals surface area contributed by atoms with Crippen molar-refractivity contribution in [1.29, 1.82) is 0 Å². The monoisotopic (exact) mass is 180 g/mol. The Hall–Kier alpha value is -0.260. The minimum Gasteiger partial charge on any atom is -0.0845 e. The van der Waals surface area contributed by atoms with E-state index in [0.717, 1.165) is 5.92 Å². The highest BCUT2D eigenvalue weighted by atomic mass is 14.3. The van der Waals surface area contributed by atoms with Gasteiger partial charge in [0.05, 0.1) is 0 Å². The van der Waals surface area contributed by atoms with Crippen LogP contribution in [0, 0.1) is 11.3 Å². The molecule has 0 bridgehead atoms. The summed E-state index contributed by atoms with van der Waals surface area (Å²) in [4.78, 5) is 0. The van der Waals surface area contributed by atoms with Crippen LogP contribution < -0.4 is 0 Å². The first-order valence-electron chi connectivity index (χ1n) is 5.82. The summed E-state index contributed by atoms with van der Waals surface area (Å²) in [6.45, 7) is 9.32. The van der Waals surface area contributed by atoms with E-state index in [-0.39, 0.29) is 0 Å². The Labute approximate surface area is 83.4 Å². The lowest BCUT2D eigenvalue weighted by Crippen LogP contribution is -2.22. The Balaban J connectivity index is 2.63. The van der Waals surface area contributed by atoms with E-state index in [1.165, 1.54) is 32.1 Å². The maximum atomic E-state index is 2.52. The van der Waals surface area contributed by atoms with Gasteiger partial charge in [-0.15, -0.1) is 0 Å². The Morgan fingerprint density at radius 1 is 1.31 bits per heavy atom. The van der Waals surface area contributed by atoms with Crippen LogP contribution >= 0.6 is 0 Å². The molecule has 0 saturated heterocycles. The molecule has 13 heavy (non-hydrogen) atoms. The second-order valence-electron chi connectivity index (χ2n) is 4.84. The van der Waals surface area contributed by atoms with Crippen LogP contribution in [0.25, 0.3) is 0 Å². The van der Waals surface area contributed by atoms with Crippen molar-refractivity contribution >= 4 is 0 Å². The fourth-order valence-corrected chi connectivity index (χ4v) is 2.38. The summed E-state index contributed by atoms with van der Waals surface area (Å²) in [5.41, 5.74) is 2.34. The fraction of sp³-hybridized carbons (Fsp3) is 0.846. The van der Waals surface area contributed by atoms with Crippen LogP contribution in [0.1, 0.15) is 59.8 Å². The van der Waals surface area contributed by atoms with E-state index < -0.39 is 0 Å². The van der Waals surface area contributed by atoms with Gasteiger partial charge in [-0.2, -0.15) is 0 Å². The van der Waals surface area contributed by atoms with Gasteiger partial charge in [0.1, 0.15) is 0 Å². The third-order valence-electron chi connectivity index (χ3n) is 3.98. The second kappa shape index (κ2) is 4.30. The Bertz CT molecular complexity index is 182. The Morgan fingerprint density at radius 3 is 2.23 bits per heavy atom. The molecule has 0 heteroatoms. The van der Waals surface area contributed by atoms with Crippen molar-refractivity contribution in [3.63, 3.8) is 0 Å². The molecule has 0 radical (unpaired) electrons. The molecule has 1 aliphatic rings. The highest BCUT2D eigenvalue weighted by Crippen LogP contribution is 2.42. The van der Waals surface area contributed by atoms with Gasteiger partial charge in [-0.3, -0.25) is 0 Å². The second-order valence-corrected chi connectivity index (χ2v) is 4.84. The zero-order valence-corrected chi connectivity index (χ0v) is 9.69. The van der Waals surface area contributed by atoms with Crippen LogP contribution in [0.2, 0.25) is 0 Å². The summed E-state index contributed by atoms with van der Waals surface area (Å²) in [6, 6.07) is 0. The summed E-state index contributed by atoms with van der Waals surface area (Å²) >= 11 is 0. The molecule has 1 aliphatic carbocycles. The molecule has 0 spiro atoms. The molecule has 0 heterocycles. The number of allylic oxidation sites excluding steroid dienone is 2. The lowest BCUT2D eigenvalue weighted by Gasteiger charge is -2.35. The molecule has 0 N–H and O–H groups in total. The van der Waals surface area contributed by atoms with Gasteiger partial charge in [-0.25, -0.2) is 0 Å². The van der Waals surface area contributed by atoms with Crippen molar-refractivity contribution in [2.24, 2.45) is 11.3 Å². The van der Waals surface area contributed by atoms with E-state index in [1.807, 2.05) is 0 Å². The van der Waals surface area contributed by atoms with E-state index in [4.69, 9.17) is 0 Å². The highest BCUT2D eigenvalue weighted by molar-refractivity contribution is 5.11. The van der Waals surface area contributed by atoms with Crippen LogP contribution in [0.3, 0.4) is 0 Å². The van der Waals surface area contributed by atoms with E-state index in [2.05, 4.69) is 33.8 Å². The molecule has 0 aromatic rings. The molecule has 0 aromatic heterocycles. The molecule has 0 unspecified atom stereocenters. The van der Waals surface area contributed by atoms with Gasteiger partial charge in [0.25, 0.3) is 0 Å². The summed E-state index contributed by atoms with van der Waals surface area (Å²) < 4.78 is 0. The molecule has 0 aromatic carbocycles. The topological polar surface area (TPSA) is 0 Å². The first-order chi connectivity index (χ1) is 6.13. The van der Waals surface area contributed by atoms with Gasteiger partial charge in [-0.05, 0) is 30.6 Å². The van der Waals surface area contributed by atoms with Gasteiger partial charge in [0.15, 0.2) is 0 Å². The van der Waals surface area contributed by atoms with Crippen molar-refractivity contribution in [2.75, 3.05) is 0 Å². The minimum absolute atomic E-state index is 0.651. The van der Waals surface area contributed by atoms with Crippen LogP contribution in [0.5, 0.6) is 0 Å². The van der Waals surface area contributed by atoms with Crippen molar-refractivity contribution in [1.82, 2.24) is 0 Å². The van der Waals surface area contributed by atoms with Crippen LogP contribution in [-0.2, 0) is 0 Å². The summed E-state index contributed by atoms with van der Waals surface area (Å²) in [6.07, 6.45) is 9.31. The summed E-state index contributed by atoms with van der Waals surface area (Å²) in [7, 11) is 0. The van der Waals surface area contributed by atoms with E-state index in [1.54, 1.807) is 5.57 Å². The average Bonchev–Trinajstić information content (AvgIpc) is 2.18.